The second-order valence-corrected chi connectivity index (χ2v) is 10.1. The topological polar surface area (TPSA) is 66.0 Å². The number of hydrazine groups is 1. The van der Waals surface area contributed by atoms with Crippen LogP contribution in [0.5, 0.6) is 0 Å². The summed E-state index contributed by atoms with van der Waals surface area (Å²) in [4.78, 5) is 16.7. The first-order chi connectivity index (χ1) is 11.3. The Hall–Kier alpha value is -0.920. The van der Waals surface area contributed by atoms with Crippen molar-refractivity contribution in [3.8, 4) is 0 Å². The minimum Gasteiger partial charge on any atom is -0.354 e. The van der Waals surface area contributed by atoms with Crippen molar-refractivity contribution in [2.24, 2.45) is 21.2 Å². The number of aliphatic imine (C=N–C) groups is 1. The molecule has 3 rings (SSSR count). The highest BCUT2D eigenvalue weighted by Crippen LogP contribution is 2.63. The Bertz CT molecular complexity index is 679. The lowest BCUT2D eigenvalue weighted by atomic mass is 9.48. The molecule has 2 N–H and O–H groups in total. The number of ether oxygens (including phenoxy) is 1. The lowest BCUT2D eigenvalue weighted by Gasteiger charge is -2.66. The maximum atomic E-state index is 12.2. The van der Waals surface area contributed by atoms with E-state index in [4.69, 9.17) is 4.74 Å². The first-order valence-electron chi connectivity index (χ1n) is 8.71. The molecule has 1 fully saturated rings. The van der Waals surface area contributed by atoms with E-state index in [-0.39, 0.29) is 34.0 Å². The largest absolute Gasteiger partial charge is 0.354 e. The Morgan fingerprint density at radius 1 is 1.12 bits per heavy atom. The van der Waals surface area contributed by atoms with E-state index >= 15 is 0 Å². The quantitative estimate of drug-likeness (QED) is 0.649. The Morgan fingerprint density at radius 2 is 1.72 bits per heavy atom. The molecule has 3 aliphatic rings. The summed E-state index contributed by atoms with van der Waals surface area (Å²) >= 11 is 3.48. The summed E-state index contributed by atoms with van der Waals surface area (Å²) < 4.78 is 7.31. The lowest BCUT2D eigenvalue weighted by molar-refractivity contribution is -0.330. The summed E-state index contributed by atoms with van der Waals surface area (Å²) in [7, 11) is 0. The first kappa shape index (κ1) is 18.9. The Labute approximate surface area is 158 Å². The molecule has 7 heteroatoms. The number of rotatable bonds is 1. The number of nitrogens with one attached hydrogen (secondary N) is 2. The van der Waals surface area contributed by atoms with Gasteiger partial charge in [-0.2, -0.15) is 5.01 Å². The van der Waals surface area contributed by atoms with Crippen LogP contribution >= 0.6 is 15.9 Å². The molecule has 25 heavy (non-hydrogen) atoms. The van der Waals surface area contributed by atoms with Crippen LogP contribution in [-0.2, 0) is 9.53 Å². The summed E-state index contributed by atoms with van der Waals surface area (Å²) in [6.07, 6.45) is 0.802. The SMILES string of the molecule is CC1(C)O[C@H](N2NC(Br)=C3C(=O)NC=N[C@@H]32)C(C)(C)C(C)(C)C1(C)C. The molecule has 1 amide bonds. The van der Waals surface area contributed by atoms with E-state index in [2.05, 4.69) is 87.1 Å². The van der Waals surface area contributed by atoms with Crippen LogP contribution in [0.4, 0.5) is 0 Å². The molecule has 3 heterocycles. The van der Waals surface area contributed by atoms with Gasteiger partial charge in [-0.25, -0.2) is 4.99 Å². The van der Waals surface area contributed by atoms with Crippen LogP contribution in [0, 0.1) is 16.2 Å². The Balaban J connectivity index is 2.05. The predicted molar refractivity (Wildman–Crippen MR) is 102 cm³/mol. The van der Waals surface area contributed by atoms with Gasteiger partial charge in [0.05, 0.1) is 17.5 Å². The molecule has 0 bridgehead atoms. The van der Waals surface area contributed by atoms with Gasteiger partial charge in [0.2, 0.25) is 0 Å². The maximum Gasteiger partial charge on any atom is 0.258 e. The van der Waals surface area contributed by atoms with Crippen molar-refractivity contribution in [3.63, 3.8) is 0 Å². The molecule has 0 saturated carbocycles. The Morgan fingerprint density at radius 3 is 2.32 bits per heavy atom. The normalized spacial score (nSPS) is 35.2. The molecule has 0 aliphatic carbocycles. The molecule has 2 atom stereocenters. The third-order valence-electron chi connectivity index (χ3n) is 7.60. The number of hydrogen-bond acceptors (Lipinski definition) is 5. The predicted octanol–water partition coefficient (Wildman–Crippen LogP) is 3.11. The number of fused-ring (bicyclic) bond motifs is 1. The van der Waals surface area contributed by atoms with Crippen molar-refractivity contribution in [1.82, 2.24) is 15.8 Å². The van der Waals surface area contributed by atoms with E-state index in [9.17, 15) is 4.79 Å². The molecule has 3 aliphatic heterocycles. The zero-order chi connectivity index (χ0) is 19.0. The zero-order valence-electron chi connectivity index (χ0n) is 16.3. The number of nitrogens with zero attached hydrogens (tertiary/aromatic N) is 2. The summed E-state index contributed by atoms with van der Waals surface area (Å²) in [6.45, 7) is 17.9. The molecule has 0 aromatic carbocycles. The molecular formula is C18H29BrN4O2. The van der Waals surface area contributed by atoms with Gasteiger partial charge in [0.15, 0.2) is 6.17 Å². The van der Waals surface area contributed by atoms with Gasteiger partial charge < -0.3 is 15.5 Å². The summed E-state index contributed by atoms with van der Waals surface area (Å²) in [5.74, 6) is -0.144. The fraction of sp³-hybridized carbons (Fsp3) is 0.778. The number of amides is 1. The average Bonchev–Trinajstić information content (AvgIpc) is 2.81. The molecule has 0 aromatic rings. The van der Waals surface area contributed by atoms with Gasteiger partial charge in [-0.15, -0.1) is 0 Å². The average molecular weight is 413 g/mol. The maximum absolute atomic E-state index is 12.2. The number of halogens is 1. The highest BCUT2D eigenvalue weighted by atomic mass is 79.9. The fourth-order valence-corrected chi connectivity index (χ4v) is 4.72. The van der Waals surface area contributed by atoms with Gasteiger partial charge in [0.25, 0.3) is 5.91 Å². The third kappa shape index (κ3) is 2.28. The molecule has 0 aromatic heterocycles. The molecule has 0 radical (unpaired) electrons. The fourth-order valence-electron chi connectivity index (χ4n) is 4.13. The highest BCUT2D eigenvalue weighted by Gasteiger charge is 2.65. The van der Waals surface area contributed by atoms with Crippen LogP contribution in [0.1, 0.15) is 55.4 Å². The van der Waals surface area contributed by atoms with Crippen LogP contribution in [0.25, 0.3) is 0 Å². The van der Waals surface area contributed by atoms with Crippen LogP contribution in [-0.4, -0.2) is 35.2 Å². The standard InChI is InChI=1S/C18H29BrN4O2/c1-15(2)14(25-18(7,8)17(5,6)16(15,3)4)23-12-10(11(19)22-23)13(24)21-9-20-12/h9,12,14,22H,1-8H3,(H,20,21,24)/t12-,14+/m1/s1. The van der Waals surface area contributed by atoms with Gasteiger partial charge in [-0.05, 0) is 40.6 Å². The van der Waals surface area contributed by atoms with E-state index in [1.54, 1.807) is 0 Å². The van der Waals surface area contributed by atoms with Gasteiger partial charge >= 0.3 is 0 Å². The minimum atomic E-state index is -0.403. The lowest BCUT2D eigenvalue weighted by Crippen LogP contribution is -2.71. The van der Waals surface area contributed by atoms with Crippen LogP contribution in [0.3, 0.4) is 0 Å². The summed E-state index contributed by atoms with van der Waals surface area (Å²) in [5, 5.41) is 4.61. The van der Waals surface area contributed by atoms with Crippen molar-refractivity contribution >= 4 is 28.2 Å². The van der Waals surface area contributed by atoms with Crippen LogP contribution in [0.15, 0.2) is 15.2 Å². The smallest absolute Gasteiger partial charge is 0.258 e. The van der Waals surface area contributed by atoms with Gasteiger partial charge in [0.1, 0.15) is 10.8 Å². The van der Waals surface area contributed by atoms with E-state index < -0.39 is 6.17 Å². The minimum absolute atomic E-state index is 0.0377. The first-order valence-corrected chi connectivity index (χ1v) is 9.50. The zero-order valence-corrected chi connectivity index (χ0v) is 17.9. The van der Waals surface area contributed by atoms with E-state index in [1.807, 2.05) is 5.01 Å². The Kier molecular flexibility index (Phi) is 4.00. The highest BCUT2D eigenvalue weighted by molar-refractivity contribution is 9.11. The number of carbonyl (C=O) groups is 1. The molecule has 1 saturated heterocycles. The summed E-state index contributed by atoms with van der Waals surface area (Å²) in [5.41, 5.74) is 3.22. The molecule has 0 spiro atoms. The second kappa shape index (κ2) is 5.30. The molecule has 140 valence electrons. The van der Waals surface area contributed by atoms with Crippen LogP contribution in [0.2, 0.25) is 0 Å². The number of hydrogen-bond donors (Lipinski definition) is 2. The number of carbonyl (C=O) groups excluding carboxylic acids is 1. The molecular weight excluding hydrogens is 384 g/mol. The van der Waals surface area contributed by atoms with Crippen molar-refractivity contribution < 1.29 is 9.53 Å². The van der Waals surface area contributed by atoms with Crippen molar-refractivity contribution in [3.05, 3.63) is 10.2 Å². The van der Waals surface area contributed by atoms with Crippen LogP contribution < -0.4 is 10.7 Å². The van der Waals surface area contributed by atoms with E-state index in [0.29, 0.717) is 10.2 Å². The molecule has 6 nitrogen and oxygen atoms in total. The van der Waals surface area contributed by atoms with Crippen molar-refractivity contribution in [2.45, 2.75) is 73.4 Å². The van der Waals surface area contributed by atoms with E-state index in [1.165, 1.54) is 6.34 Å². The molecule has 0 unspecified atom stereocenters. The van der Waals surface area contributed by atoms with E-state index in [0.717, 1.165) is 0 Å². The monoisotopic (exact) mass is 412 g/mol. The third-order valence-corrected chi connectivity index (χ3v) is 8.20. The van der Waals surface area contributed by atoms with Crippen molar-refractivity contribution in [1.29, 1.82) is 0 Å². The van der Waals surface area contributed by atoms with Gasteiger partial charge in [-0.1, -0.05) is 41.5 Å². The van der Waals surface area contributed by atoms with Gasteiger partial charge in [0, 0.05) is 5.41 Å². The second-order valence-electron chi connectivity index (χ2n) is 9.32. The summed E-state index contributed by atoms with van der Waals surface area (Å²) in [6, 6.07) is 0. The van der Waals surface area contributed by atoms with Gasteiger partial charge in [-0.3, -0.25) is 4.79 Å². The van der Waals surface area contributed by atoms with Crippen molar-refractivity contribution in [2.75, 3.05) is 0 Å².